The molecule has 0 fully saturated rings. The van der Waals surface area contributed by atoms with Crippen LogP contribution in [0.15, 0.2) is 60.8 Å². The van der Waals surface area contributed by atoms with Crippen LogP contribution in [-0.4, -0.2) is 23.1 Å². The maximum atomic E-state index is 12.4. The van der Waals surface area contributed by atoms with Crippen molar-refractivity contribution < 1.29 is 19.4 Å². The number of rotatable bonds is 34. The van der Waals surface area contributed by atoms with Crippen LogP contribution in [-0.2, 0) is 14.3 Å². The zero-order valence-corrected chi connectivity index (χ0v) is 30.1. The lowest BCUT2D eigenvalue weighted by atomic mass is 10.0. The fraction of sp³-hybridized carbons (Fsp3) is 0.714. The third kappa shape index (κ3) is 36.1. The van der Waals surface area contributed by atoms with Crippen molar-refractivity contribution in [3.05, 3.63) is 60.8 Å². The molecule has 264 valence electrons. The van der Waals surface area contributed by atoms with Crippen LogP contribution in [0.5, 0.6) is 0 Å². The highest BCUT2D eigenvalue weighted by Gasteiger charge is 2.15. The average molecular weight is 641 g/mol. The maximum absolute atomic E-state index is 12.4. The molecule has 0 aliphatic heterocycles. The van der Waals surface area contributed by atoms with Gasteiger partial charge in [-0.15, -0.1) is 0 Å². The SMILES string of the molecule is CC/C=C\C/C=C\C/C=C\C/C=C\C/C=C\CCCCCC(=O)OC(CCCCCCCCCCCCCCCC)CCC(=O)O. The number of allylic oxidation sites excluding steroid dienone is 10. The van der Waals surface area contributed by atoms with Crippen molar-refractivity contribution in [2.45, 2.75) is 193 Å². The van der Waals surface area contributed by atoms with Gasteiger partial charge in [0.1, 0.15) is 6.10 Å². The van der Waals surface area contributed by atoms with E-state index >= 15 is 0 Å². The summed E-state index contributed by atoms with van der Waals surface area (Å²) in [6, 6.07) is 0. The molecule has 0 spiro atoms. The number of esters is 1. The van der Waals surface area contributed by atoms with E-state index in [2.05, 4.69) is 74.6 Å². The second-order valence-corrected chi connectivity index (χ2v) is 12.7. The monoisotopic (exact) mass is 641 g/mol. The molecule has 1 unspecified atom stereocenters. The van der Waals surface area contributed by atoms with Gasteiger partial charge in [0.05, 0.1) is 0 Å². The molecule has 0 aliphatic carbocycles. The van der Waals surface area contributed by atoms with Crippen molar-refractivity contribution in [2.75, 3.05) is 0 Å². The summed E-state index contributed by atoms with van der Waals surface area (Å²) in [7, 11) is 0. The molecule has 0 aliphatic rings. The van der Waals surface area contributed by atoms with Crippen molar-refractivity contribution in [1.29, 1.82) is 0 Å². The number of carbonyl (C=O) groups excluding carboxylic acids is 1. The Morgan fingerprint density at radius 3 is 1.41 bits per heavy atom. The van der Waals surface area contributed by atoms with E-state index in [1.807, 2.05) is 0 Å². The van der Waals surface area contributed by atoms with E-state index in [1.165, 1.54) is 77.0 Å². The molecule has 0 heterocycles. The molecule has 0 aromatic carbocycles. The third-order valence-electron chi connectivity index (χ3n) is 8.27. The Bertz CT molecular complexity index is 820. The first-order valence-corrected chi connectivity index (χ1v) is 19.3. The van der Waals surface area contributed by atoms with Crippen LogP contribution in [0.1, 0.15) is 187 Å². The summed E-state index contributed by atoms with van der Waals surface area (Å²) in [6.07, 6.45) is 50.9. The lowest BCUT2D eigenvalue weighted by Gasteiger charge is -2.17. The second kappa shape index (κ2) is 37.1. The van der Waals surface area contributed by atoms with Crippen molar-refractivity contribution in [1.82, 2.24) is 0 Å². The van der Waals surface area contributed by atoms with Gasteiger partial charge in [-0.2, -0.15) is 0 Å². The molecular formula is C42H72O4. The van der Waals surface area contributed by atoms with Crippen LogP contribution in [0, 0.1) is 0 Å². The van der Waals surface area contributed by atoms with E-state index in [0.717, 1.165) is 77.0 Å². The Balaban J connectivity index is 3.84. The molecule has 4 nitrogen and oxygen atoms in total. The minimum atomic E-state index is -0.822. The molecule has 0 bridgehead atoms. The lowest BCUT2D eigenvalue weighted by Crippen LogP contribution is -2.19. The molecule has 0 radical (unpaired) electrons. The Hall–Kier alpha value is -2.36. The van der Waals surface area contributed by atoms with Crippen molar-refractivity contribution in [3.8, 4) is 0 Å². The number of carboxylic acids is 1. The van der Waals surface area contributed by atoms with Gasteiger partial charge in [-0.3, -0.25) is 9.59 Å². The van der Waals surface area contributed by atoms with Crippen molar-refractivity contribution in [3.63, 3.8) is 0 Å². The molecule has 1 N–H and O–H groups in total. The van der Waals surface area contributed by atoms with Crippen LogP contribution in [0.2, 0.25) is 0 Å². The minimum absolute atomic E-state index is 0.0593. The second-order valence-electron chi connectivity index (χ2n) is 12.7. The van der Waals surface area contributed by atoms with Crippen LogP contribution in [0.25, 0.3) is 0 Å². The molecule has 0 saturated heterocycles. The number of hydrogen-bond donors (Lipinski definition) is 1. The topological polar surface area (TPSA) is 63.6 Å². The number of hydrogen-bond acceptors (Lipinski definition) is 3. The molecule has 46 heavy (non-hydrogen) atoms. The summed E-state index contributed by atoms with van der Waals surface area (Å²) in [5.74, 6) is -0.993. The van der Waals surface area contributed by atoms with Gasteiger partial charge in [-0.05, 0) is 70.6 Å². The van der Waals surface area contributed by atoms with E-state index in [1.54, 1.807) is 0 Å². The number of aliphatic carboxylic acids is 1. The summed E-state index contributed by atoms with van der Waals surface area (Å²) < 4.78 is 5.72. The highest BCUT2D eigenvalue weighted by atomic mass is 16.5. The molecule has 0 amide bonds. The van der Waals surface area contributed by atoms with E-state index in [9.17, 15) is 9.59 Å². The van der Waals surface area contributed by atoms with Crippen molar-refractivity contribution >= 4 is 11.9 Å². The first-order chi connectivity index (χ1) is 22.6. The van der Waals surface area contributed by atoms with Gasteiger partial charge in [0, 0.05) is 12.8 Å². The zero-order valence-electron chi connectivity index (χ0n) is 30.1. The molecule has 0 saturated carbocycles. The van der Waals surface area contributed by atoms with Gasteiger partial charge in [0.25, 0.3) is 0 Å². The largest absolute Gasteiger partial charge is 0.481 e. The first-order valence-electron chi connectivity index (χ1n) is 19.3. The molecule has 0 aromatic heterocycles. The first kappa shape index (κ1) is 43.6. The Morgan fingerprint density at radius 2 is 0.935 bits per heavy atom. The van der Waals surface area contributed by atoms with Crippen LogP contribution in [0.3, 0.4) is 0 Å². The number of carbonyl (C=O) groups is 2. The normalized spacial score (nSPS) is 12.9. The van der Waals surface area contributed by atoms with Crippen molar-refractivity contribution in [2.24, 2.45) is 0 Å². The lowest BCUT2D eigenvalue weighted by molar-refractivity contribution is -0.151. The average Bonchev–Trinajstić information content (AvgIpc) is 3.04. The summed E-state index contributed by atoms with van der Waals surface area (Å²) in [5.41, 5.74) is 0. The molecule has 0 rings (SSSR count). The molecule has 0 aromatic rings. The Morgan fingerprint density at radius 1 is 0.500 bits per heavy atom. The number of ether oxygens (including phenoxy) is 1. The van der Waals surface area contributed by atoms with Gasteiger partial charge in [0.2, 0.25) is 0 Å². The molecular weight excluding hydrogens is 568 g/mol. The van der Waals surface area contributed by atoms with E-state index in [-0.39, 0.29) is 18.5 Å². The highest BCUT2D eigenvalue weighted by Crippen LogP contribution is 2.17. The van der Waals surface area contributed by atoms with Gasteiger partial charge in [0.15, 0.2) is 0 Å². The maximum Gasteiger partial charge on any atom is 0.306 e. The van der Waals surface area contributed by atoms with Crippen LogP contribution in [0.4, 0.5) is 0 Å². The van der Waals surface area contributed by atoms with Gasteiger partial charge in [-0.25, -0.2) is 0 Å². The number of unbranched alkanes of at least 4 members (excludes halogenated alkanes) is 16. The summed E-state index contributed by atoms with van der Waals surface area (Å²) in [5, 5.41) is 9.11. The summed E-state index contributed by atoms with van der Waals surface area (Å²) in [4.78, 5) is 23.5. The van der Waals surface area contributed by atoms with E-state index < -0.39 is 5.97 Å². The van der Waals surface area contributed by atoms with E-state index in [4.69, 9.17) is 9.84 Å². The zero-order chi connectivity index (χ0) is 33.6. The number of carboxylic acid groups (broad SMARTS) is 1. The molecule has 4 heteroatoms. The van der Waals surface area contributed by atoms with Gasteiger partial charge < -0.3 is 9.84 Å². The summed E-state index contributed by atoms with van der Waals surface area (Å²) in [6.45, 7) is 4.42. The van der Waals surface area contributed by atoms with Gasteiger partial charge >= 0.3 is 11.9 Å². The Labute approximate surface area is 284 Å². The highest BCUT2D eigenvalue weighted by molar-refractivity contribution is 5.69. The van der Waals surface area contributed by atoms with Crippen LogP contribution >= 0.6 is 0 Å². The fourth-order valence-electron chi connectivity index (χ4n) is 5.43. The smallest absolute Gasteiger partial charge is 0.306 e. The predicted octanol–water partition coefficient (Wildman–Crippen LogP) is 13.3. The predicted molar refractivity (Wildman–Crippen MR) is 199 cm³/mol. The van der Waals surface area contributed by atoms with E-state index in [0.29, 0.717) is 12.8 Å². The Kier molecular flexibility index (Phi) is 35.2. The molecule has 1 atom stereocenters. The summed E-state index contributed by atoms with van der Waals surface area (Å²) >= 11 is 0. The standard InChI is InChI=1S/C42H72O4/c1-3-5-7-9-11-13-15-17-19-20-21-22-23-25-27-29-31-33-35-37-42(45)46-40(38-39-41(43)44)36-34-32-30-28-26-24-18-16-14-12-10-8-6-4-2/h5,7,11,13,17,19,21-22,25,27,40H,3-4,6,8-10,12,14-16,18,20,23-24,26,28-39H2,1-2H3,(H,43,44)/b7-5-,13-11-,19-17-,22-21-,27-25-. The van der Waals surface area contributed by atoms with Crippen LogP contribution < -0.4 is 0 Å². The third-order valence-corrected chi connectivity index (χ3v) is 8.27. The minimum Gasteiger partial charge on any atom is -0.481 e. The fourth-order valence-corrected chi connectivity index (χ4v) is 5.43. The van der Waals surface area contributed by atoms with Gasteiger partial charge in [-0.1, -0.05) is 164 Å². The quantitative estimate of drug-likeness (QED) is 0.0432.